The molecule has 0 bridgehead atoms. The Bertz CT molecular complexity index is 303. The van der Waals surface area contributed by atoms with Gasteiger partial charge in [-0.3, -0.25) is 0 Å². The van der Waals surface area contributed by atoms with Crippen molar-refractivity contribution >= 4 is 38.9 Å². The molecule has 14 heavy (non-hydrogen) atoms. The van der Waals surface area contributed by atoms with E-state index in [1.165, 1.54) is 27.9 Å². The van der Waals surface area contributed by atoms with E-state index in [1.807, 2.05) is 0 Å². The van der Waals surface area contributed by atoms with E-state index in [1.54, 1.807) is 11.3 Å². The van der Waals surface area contributed by atoms with E-state index in [2.05, 4.69) is 33.4 Å². The quantitative estimate of drug-likeness (QED) is 0.834. The molecular weight excluding hydrogens is 282 g/mol. The summed E-state index contributed by atoms with van der Waals surface area (Å²) in [6.45, 7) is 0.947. The summed E-state index contributed by atoms with van der Waals surface area (Å²) in [6.07, 6.45) is 3.76. The Morgan fingerprint density at radius 1 is 1.50 bits per heavy atom. The monoisotopic (exact) mass is 293 g/mol. The Morgan fingerprint density at radius 3 is 2.71 bits per heavy atom. The van der Waals surface area contributed by atoms with E-state index in [0.29, 0.717) is 0 Å². The van der Waals surface area contributed by atoms with Crippen molar-refractivity contribution in [1.82, 2.24) is 5.32 Å². The Balaban J connectivity index is 1.87. The molecule has 1 aliphatic carbocycles. The van der Waals surface area contributed by atoms with Crippen LogP contribution in [0.3, 0.4) is 0 Å². The first-order chi connectivity index (χ1) is 6.74. The molecule has 1 fully saturated rings. The van der Waals surface area contributed by atoms with Crippen molar-refractivity contribution in [2.75, 3.05) is 5.88 Å². The Labute approximate surface area is 102 Å². The lowest BCUT2D eigenvalue weighted by Crippen LogP contribution is -2.52. The van der Waals surface area contributed by atoms with Crippen LogP contribution in [0.2, 0.25) is 0 Å². The molecule has 0 radical (unpaired) electrons. The first-order valence-corrected chi connectivity index (χ1v) is 6.94. The predicted octanol–water partition coefficient (Wildman–Crippen LogP) is 3.76. The minimum absolute atomic E-state index is 0.234. The Hall–Kier alpha value is 0.430. The fourth-order valence-electron chi connectivity index (χ4n) is 1.68. The minimum Gasteiger partial charge on any atom is -0.305 e. The molecule has 0 aliphatic heterocycles. The van der Waals surface area contributed by atoms with Crippen molar-refractivity contribution < 1.29 is 0 Å². The summed E-state index contributed by atoms with van der Waals surface area (Å²) in [4.78, 5) is 1.37. The largest absolute Gasteiger partial charge is 0.305 e. The topological polar surface area (TPSA) is 12.0 Å². The van der Waals surface area contributed by atoms with E-state index in [9.17, 15) is 0 Å². The lowest BCUT2D eigenvalue weighted by Gasteiger charge is -2.41. The molecule has 0 unspecified atom stereocenters. The number of hydrogen-bond donors (Lipinski definition) is 1. The van der Waals surface area contributed by atoms with Gasteiger partial charge in [-0.15, -0.1) is 22.9 Å². The van der Waals surface area contributed by atoms with Crippen LogP contribution in [0.5, 0.6) is 0 Å². The number of halogens is 2. The summed E-state index contributed by atoms with van der Waals surface area (Å²) >= 11 is 11.2. The summed E-state index contributed by atoms with van der Waals surface area (Å²) in [5.41, 5.74) is 0.234. The molecule has 0 amide bonds. The van der Waals surface area contributed by atoms with Gasteiger partial charge in [-0.25, -0.2) is 0 Å². The van der Waals surface area contributed by atoms with E-state index >= 15 is 0 Å². The van der Waals surface area contributed by atoms with Gasteiger partial charge in [0, 0.05) is 22.8 Å². The first kappa shape index (κ1) is 10.9. The number of hydrogen-bond acceptors (Lipinski definition) is 2. The highest BCUT2D eigenvalue weighted by molar-refractivity contribution is 9.11. The molecular formula is C10H13BrClNS. The van der Waals surface area contributed by atoms with Crippen molar-refractivity contribution in [3.8, 4) is 0 Å². The van der Waals surface area contributed by atoms with Crippen LogP contribution in [0.1, 0.15) is 24.1 Å². The molecule has 78 valence electrons. The third-order valence-electron chi connectivity index (χ3n) is 2.83. The van der Waals surface area contributed by atoms with Crippen LogP contribution in [0.15, 0.2) is 15.9 Å². The van der Waals surface area contributed by atoms with Gasteiger partial charge in [0.15, 0.2) is 0 Å². The molecule has 1 N–H and O–H groups in total. The molecule has 1 nitrogen and oxygen atoms in total. The van der Waals surface area contributed by atoms with Crippen molar-refractivity contribution in [2.24, 2.45) is 0 Å². The molecule has 0 spiro atoms. The maximum atomic E-state index is 5.96. The molecule has 1 saturated carbocycles. The fraction of sp³-hybridized carbons (Fsp3) is 0.600. The summed E-state index contributed by atoms with van der Waals surface area (Å²) in [5, 5.41) is 3.57. The van der Waals surface area contributed by atoms with Crippen LogP contribution in [0.4, 0.5) is 0 Å². The van der Waals surface area contributed by atoms with Gasteiger partial charge in [0.25, 0.3) is 0 Å². The minimum atomic E-state index is 0.234. The maximum Gasteiger partial charge on any atom is 0.0701 e. The van der Waals surface area contributed by atoms with Crippen molar-refractivity contribution in [1.29, 1.82) is 0 Å². The zero-order valence-electron chi connectivity index (χ0n) is 7.85. The van der Waals surface area contributed by atoms with Crippen LogP contribution in [-0.2, 0) is 6.54 Å². The zero-order valence-corrected chi connectivity index (χ0v) is 11.0. The van der Waals surface area contributed by atoms with Gasteiger partial charge in [-0.1, -0.05) is 0 Å². The SMILES string of the molecule is ClCC1(NCc2ccc(Br)s2)CCC1. The predicted molar refractivity (Wildman–Crippen MR) is 66.2 cm³/mol. The smallest absolute Gasteiger partial charge is 0.0701 e. The number of alkyl halides is 1. The lowest BCUT2D eigenvalue weighted by molar-refractivity contribution is 0.211. The second kappa shape index (κ2) is 4.52. The van der Waals surface area contributed by atoms with Gasteiger partial charge in [0.1, 0.15) is 0 Å². The van der Waals surface area contributed by atoms with Gasteiger partial charge in [0.2, 0.25) is 0 Å². The average Bonchev–Trinajstić information content (AvgIpc) is 2.50. The highest BCUT2D eigenvalue weighted by Crippen LogP contribution is 2.33. The second-order valence-corrected chi connectivity index (χ2v) is 6.64. The van der Waals surface area contributed by atoms with E-state index in [0.717, 1.165) is 12.4 Å². The molecule has 1 aromatic rings. The average molecular weight is 295 g/mol. The maximum absolute atomic E-state index is 5.96. The second-order valence-electron chi connectivity index (χ2n) is 3.83. The highest BCUT2D eigenvalue weighted by Gasteiger charge is 2.35. The standard InChI is InChI=1S/C10H13BrClNS/c11-9-3-2-8(14-9)6-13-10(7-12)4-1-5-10/h2-3,13H,1,4-7H2. The van der Waals surface area contributed by atoms with Crippen LogP contribution in [0.25, 0.3) is 0 Å². The molecule has 4 heteroatoms. The lowest BCUT2D eigenvalue weighted by atomic mass is 9.78. The summed E-state index contributed by atoms with van der Waals surface area (Å²) in [7, 11) is 0. The fourth-order valence-corrected chi connectivity index (χ4v) is 3.47. The first-order valence-electron chi connectivity index (χ1n) is 4.79. The van der Waals surface area contributed by atoms with Crippen LogP contribution in [-0.4, -0.2) is 11.4 Å². The molecule has 0 atom stereocenters. The summed E-state index contributed by atoms with van der Waals surface area (Å²) in [6, 6.07) is 4.25. The van der Waals surface area contributed by atoms with Gasteiger partial charge < -0.3 is 5.32 Å². The van der Waals surface area contributed by atoms with Crippen molar-refractivity contribution in [3.63, 3.8) is 0 Å². The molecule has 0 saturated heterocycles. The van der Waals surface area contributed by atoms with Gasteiger partial charge >= 0.3 is 0 Å². The third kappa shape index (κ3) is 2.32. The number of thiophene rings is 1. The molecule has 1 aromatic heterocycles. The van der Waals surface area contributed by atoms with E-state index in [4.69, 9.17) is 11.6 Å². The van der Waals surface area contributed by atoms with Gasteiger partial charge in [-0.05, 0) is 47.3 Å². The number of nitrogens with one attached hydrogen (secondary N) is 1. The van der Waals surface area contributed by atoms with Crippen LogP contribution >= 0.6 is 38.9 Å². The van der Waals surface area contributed by atoms with Crippen molar-refractivity contribution in [2.45, 2.75) is 31.3 Å². The van der Waals surface area contributed by atoms with Crippen LogP contribution < -0.4 is 5.32 Å². The Morgan fingerprint density at radius 2 is 2.29 bits per heavy atom. The van der Waals surface area contributed by atoms with Gasteiger partial charge in [-0.2, -0.15) is 0 Å². The number of rotatable bonds is 4. The van der Waals surface area contributed by atoms with E-state index < -0.39 is 0 Å². The Kier molecular flexibility index (Phi) is 3.53. The molecule has 0 aromatic carbocycles. The normalized spacial score (nSPS) is 19.3. The third-order valence-corrected chi connectivity index (χ3v) is 4.97. The molecule has 1 heterocycles. The van der Waals surface area contributed by atoms with Crippen LogP contribution in [0, 0.1) is 0 Å². The molecule has 2 rings (SSSR count). The summed E-state index contributed by atoms with van der Waals surface area (Å²) < 4.78 is 1.20. The van der Waals surface area contributed by atoms with E-state index in [-0.39, 0.29) is 5.54 Å². The molecule has 1 aliphatic rings. The highest BCUT2D eigenvalue weighted by atomic mass is 79.9. The summed E-state index contributed by atoms with van der Waals surface area (Å²) in [5.74, 6) is 0.736. The van der Waals surface area contributed by atoms with Crippen molar-refractivity contribution in [3.05, 3.63) is 20.8 Å². The zero-order chi connectivity index (χ0) is 10.0. The van der Waals surface area contributed by atoms with Gasteiger partial charge in [0.05, 0.1) is 3.79 Å².